The largest absolute Gasteiger partial charge is 0.379 e. The van der Waals surface area contributed by atoms with Gasteiger partial charge in [-0.25, -0.2) is 0 Å². The van der Waals surface area contributed by atoms with Gasteiger partial charge in [0.2, 0.25) is 0 Å². The second-order valence-electron chi connectivity index (χ2n) is 3.87. The number of aromatic nitrogens is 2. The number of nitrogens with zero attached hydrogens (tertiary/aromatic N) is 2. The summed E-state index contributed by atoms with van der Waals surface area (Å²) in [5.74, 6) is 1.31. The molecule has 1 fully saturated rings. The fourth-order valence-electron chi connectivity index (χ4n) is 1.82. The van der Waals surface area contributed by atoms with Crippen LogP contribution in [-0.4, -0.2) is 26.8 Å². The normalized spacial score (nSPS) is 27.6. The molecule has 0 aliphatic carbocycles. The first-order chi connectivity index (χ1) is 6.75. The predicted molar refractivity (Wildman–Crippen MR) is 61.8 cm³/mol. The van der Waals surface area contributed by atoms with E-state index in [1.807, 2.05) is 24.1 Å². The molecule has 14 heavy (non-hydrogen) atoms. The van der Waals surface area contributed by atoms with Crippen molar-refractivity contribution >= 4 is 17.4 Å². The van der Waals surface area contributed by atoms with Crippen molar-refractivity contribution < 1.29 is 0 Å². The number of aryl methyl sites for hydroxylation is 1. The van der Waals surface area contributed by atoms with Crippen molar-refractivity contribution in [3.8, 4) is 0 Å². The van der Waals surface area contributed by atoms with Gasteiger partial charge in [0.1, 0.15) is 0 Å². The first-order valence-corrected chi connectivity index (χ1v) is 6.17. The molecule has 2 heterocycles. The summed E-state index contributed by atoms with van der Waals surface area (Å²) >= 11 is 2.06. The fourth-order valence-corrected chi connectivity index (χ4v) is 2.96. The molecule has 2 unspecified atom stereocenters. The molecule has 0 amide bonds. The van der Waals surface area contributed by atoms with E-state index in [-0.39, 0.29) is 0 Å². The van der Waals surface area contributed by atoms with Crippen LogP contribution in [0.1, 0.15) is 19.8 Å². The molecule has 4 heteroatoms. The molecule has 1 aliphatic rings. The topological polar surface area (TPSA) is 29.9 Å². The summed E-state index contributed by atoms with van der Waals surface area (Å²) in [5.41, 5.74) is 1.15. The van der Waals surface area contributed by atoms with Crippen molar-refractivity contribution in [3.63, 3.8) is 0 Å². The zero-order valence-electron chi connectivity index (χ0n) is 8.73. The molecule has 0 spiro atoms. The molecule has 2 atom stereocenters. The minimum Gasteiger partial charge on any atom is -0.379 e. The Kier molecular flexibility index (Phi) is 3.01. The Labute approximate surface area is 89.3 Å². The highest BCUT2D eigenvalue weighted by atomic mass is 32.2. The van der Waals surface area contributed by atoms with Gasteiger partial charge in [0.15, 0.2) is 0 Å². The van der Waals surface area contributed by atoms with Crippen molar-refractivity contribution in [1.82, 2.24) is 9.78 Å². The number of hydrogen-bond donors (Lipinski definition) is 1. The van der Waals surface area contributed by atoms with Crippen LogP contribution in [0.15, 0.2) is 12.4 Å². The van der Waals surface area contributed by atoms with Gasteiger partial charge in [-0.1, -0.05) is 6.92 Å². The van der Waals surface area contributed by atoms with E-state index < -0.39 is 0 Å². The van der Waals surface area contributed by atoms with E-state index in [9.17, 15) is 0 Å². The number of anilines is 1. The van der Waals surface area contributed by atoms with Crippen LogP contribution in [0.5, 0.6) is 0 Å². The summed E-state index contributed by atoms with van der Waals surface area (Å²) in [6, 6.07) is 0.609. The standard InChI is InChI=1S/C10H17N3S/c1-8-10(4-3-5-14-8)12-9-6-11-13(2)7-9/h6-8,10,12H,3-5H2,1-2H3. The van der Waals surface area contributed by atoms with E-state index >= 15 is 0 Å². The van der Waals surface area contributed by atoms with Crippen molar-refractivity contribution in [2.24, 2.45) is 7.05 Å². The summed E-state index contributed by atoms with van der Waals surface area (Å²) < 4.78 is 1.84. The lowest BCUT2D eigenvalue weighted by Crippen LogP contribution is -2.32. The number of hydrogen-bond acceptors (Lipinski definition) is 3. The molecule has 0 aromatic carbocycles. The highest BCUT2D eigenvalue weighted by Crippen LogP contribution is 2.27. The predicted octanol–water partition coefficient (Wildman–Crippen LogP) is 2.12. The van der Waals surface area contributed by atoms with Gasteiger partial charge in [0.25, 0.3) is 0 Å². The molecule has 0 saturated carbocycles. The Balaban J connectivity index is 1.95. The molecule has 1 aromatic heterocycles. The third-order valence-electron chi connectivity index (χ3n) is 2.66. The van der Waals surface area contributed by atoms with E-state index in [0.29, 0.717) is 11.3 Å². The van der Waals surface area contributed by atoms with Gasteiger partial charge in [-0.05, 0) is 18.6 Å². The van der Waals surface area contributed by atoms with Crippen LogP contribution in [-0.2, 0) is 7.05 Å². The molecule has 3 nitrogen and oxygen atoms in total. The van der Waals surface area contributed by atoms with Crippen LogP contribution in [0.2, 0.25) is 0 Å². The number of rotatable bonds is 2. The van der Waals surface area contributed by atoms with Crippen LogP contribution in [0.25, 0.3) is 0 Å². The first kappa shape index (κ1) is 9.90. The molecule has 1 aromatic rings. The van der Waals surface area contributed by atoms with Gasteiger partial charge < -0.3 is 5.32 Å². The van der Waals surface area contributed by atoms with Crippen molar-refractivity contribution in [3.05, 3.63) is 12.4 Å². The second-order valence-corrected chi connectivity index (χ2v) is 5.36. The maximum absolute atomic E-state index is 4.15. The van der Waals surface area contributed by atoms with Gasteiger partial charge in [0.05, 0.1) is 11.9 Å². The van der Waals surface area contributed by atoms with Gasteiger partial charge >= 0.3 is 0 Å². The summed E-state index contributed by atoms with van der Waals surface area (Å²) in [6.45, 7) is 2.30. The molecule has 0 radical (unpaired) electrons. The Bertz CT molecular complexity index is 297. The van der Waals surface area contributed by atoms with E-state index in [1.165, 1.54) is 18.6 Å². The van der Waals surface area contributed by atoms with Crippen LogP contribution in [0.3, 0.4) is 0 Å². The van der Waals surface area contributed by atoms with Crippen molar-refractivity contribution in [1.29, 1.82) is 0 Å². The number of nitrogens with one attached hydrogen (secondary N) is 1. The lowest BCUT2D eigenvalue weighted by Gasteiger charge is -2.29. The highest BCUT2D eigenvalue weighted by Gasteiger charge is 2.21. The van der Waals surface area contributed by atoms with Gasteiger partial charge in [0, 0.05) is 24.5 Å². The zero-order valence-corrected chi connectivity index (χ0v) is 9.55. The molecular weight excluding hydrogens is 194 g/mol. The molecule has 1 saturated heterocycles. The molecule has 1 aliphatic heterocycles. The monoisotopic (exact) mass is 211 g/mol. The molecule has 0 bridgehead atoms. The lowest BCUT2D eigenvalue weighted by atomic mass is 10.1. The fraction of sp³-hybridized carbons (Fsp3) is 0.700. The summed E-state index contributed by atoms with van der Waals surface area (Å²) in [7, 11) is 1.95. The first-order valence-electron chi connectivity index (χ1n) is 5.12. The van der Waals surface area contributed by atoms with E-state index in [1.54, 1.807) is 0 Å². The number of thioether (sulfide) groups is 1. The molecule has 78 valence electrons. The second kappa shape index (κ2) is 4.26. The summed E-state index contributed by atoms with van der Waals surface area (Å²) in [4.78, 5) is 0. The average molecular weight is 211 g/mol. The summed E-state index contributed by atoms with van der Waals surface area (Å²) in [5, 5.41) is 8.41. The van der Waals surface area contributed by atoms with Crippen LogP contribution < -0.4 is 5.32 Å². The van der Waals surface area contributed by atoms with E-state index in [2.05, 4.69) is 29.1 Å². The summed E-state index contributed by atoms with van der Waals surface area (Å²) in [6.07, 6.45) is 6.54. The lowest BCUT2D eigenvalue weighted by molar-refractivity contribution is 0.617. The maximum Gasteiger partial charge on any atom is 0.0728 e. The SMILES string of the molecule is CC1SCCCC1Nc1cnn(C)c1. The molecular formula is C10H17N3S. The van der Waals surface area contributed by atoms with Crippen molar-refractivity contribution in [2.45, 2.75) is 31.1 Å². The van der Waals surface area contributed by atoms with Gasteiger partial charge in [-0.3, -0.25) is 4.68 Å². The average Bonchev–Trinajstić information content (AvgIpc) is 2.56. The Hall–Kier alpha value is -0.640. The van der Waals surface area contributed by atoms with Crippen LogP contribution in [0.4, 0.5) is 5.69 Å². The van der Waals surface area contributed by atoms with Crippen LogP contribution >= 0.6 is 11.8 Å². The minimum absolute atomic E-state index is 0.609. The Morgan fingerprint density at radius 2 is 2.50 bits per heavy atom. The van der Waals surface area contributed by atoms with Gasteiger partial charge in [-0.15, -0.1) is 0 Å². The minimum atomic E-state index is 0.609. The highest BCUT2D eigenvalue weighted by molar-refractivity contribution is 7.99. The quantitative estimate of drug-likeness (QED) is 0.812. The Morgan fingerprint density at radius 3 is 3.14 bits per heavy atom. The molecule has 1 N–H and O–H groups in total. The van der Waals surface area contributed by atoms with E-state index in [4.69, 9.17) is 0 Å². The van der Waals surface area contributed by atoms with Crippen molar-refractivity contribution in [2.75, 3.05) is 11.1 Å². The molecule has 2 rings (SSSR count). The van der Waals surface area contributed by atoms with Crippen LogP contribution in [0, 0.1) is 0 Å². The maximum atomic E-state index is 4.15. The Morgan fingerprint density at radius 1 is 1.64 bits per heavy atom. The smallest absolute Gasteiger partial charge is 0.0728 e. The zero-order chi connectivity index (χ0) is 9.97. The van der Waals surface area contributed by atoms with Gasteiger partial charge in [-0.2, -0.15) is 16.9 Å². The third kappa shape index (κ3) is 2.23. The van der Waals surface area contributed by atoms with E-state index in [0.717, 1.165) is 5.69 Å². The third-order valence-corrected chi connectivity index (χ3v) is 4.04.